The van der Waals surface area contributed by atoms with Crippen LogP contribution in [0.15, 0.2) is 58.2 Å². The summed E-state index contributed by atoms with van der Waals surface area (Å²) in [5.41, 5.74) is 0.655. The molecule has 0 aliphatic heterocycles. The number of nitrogens with zero attached hydrogens (tertiary/aromatic N) is 3. The number of para-hydroxylation sites is 2. The lowest BCUT2D eigenvalue weighted by molar-refractivity contribution is -0.383. The highest BCUT2D eigenvalue weighted by molar-refractivity contribution is 7.98. The van der Waals surface area contributed by atoms with E-state index in [0.717, 1.165) is 0 Å². The van der Waals surface area contributed by atoms with Crippen molar-refractivity contribution in [1.29, 1.82) is 0 Å². The van der Waals surface area contributed by atoms with E-state index in [1.165, 1.54) is 42.2 Å². The molecule has 1 amide bonds. The summed E-state index contributed by atoms with van der Waals surface area (Å²) in [6.07, 6.45) is 1.54. The zero-order chi connectivity index (χ0) is 21.5. The van der Waals surface area contributed by atoms with Gasteiger partial charge in [0.15, 0.2) is 6.61 Å². The van der Waals surface area contributed by atoms with Gasteiger partial charge < -0.3 is 14.6 Å². The van der Waals surface area contributed by atoms with Gasteiger partial charge in [0.05, 0.1) is 16.2 Å². The zero-order valence-corrected chi connectivity index (χ0v) is 16.5. The second-order valence-electron chi connectivity index (χ2n) is 5.97. The second-order valence-corrected chi connectivity index (χ2v) is 6.94. The van der Waals surface area contributed by atoms with Crippen LogP contribution in [0.4, 0.5) is 11.4 Å². The number of anilines is 1. The largest absolute Gasteiger partial charge is 0.452 e. The number of pyridine rings is 1. The Labute approximate surface area is 174 Å². The summed E-state index contributed by atoms with van der Waals surface area (Å²) < 4.78 is 10.1. The number of esters is 1. The van der Waals surface area contributed by atoms with E-state index in [9.17, 15) is 19.7 Å². The first-order chi connectivity index (χ1) is 14.4. The molecule has 1 N–H and O–H groups in total. The van der Waals surface area contributed by atoms with Gasteiger partial charge in [-0.2, -0.15) is 0 Å². The summed E-state index contributed by atoms with van der Waals surface area (Å²) in [7, 11) is 0. The number of amides is 1. The van der Waals surface area contributed by atoms with Crippen LogP contribution in [0.2, 0.25) is 0 Å². The number of rotatable bonds is 8. The fourth-order valence-electron chi connectivity index (χ4n) is 2.42. The highest BCUT2D eigenvalue weighted by Crippen LogP contribution is 2.25. The number of nitro benzene ring substituents is 1. The number of hydrogen-bond donors (Lipinski definition) is 1. The van der Waals surface area contributed by atoms with Crippen LogP contribution < -0.4 is 5.32 Å². The van der Waals surface area contributed by atoms with Gasteiger partial charge in [0.1, 0.15) is 16.5 Å². The number of ether oxygens (including phenoxy) is 1. The third-order valence-corrected chi connectivity index (χ3v) is 4.77. The van der Waals surface area contributed by atoms with Gasteiger partial charge in [0, 0.05) is 24.1 Å². The fraction of sp³-hybridized carbons (Fsp3) is 0.158. The number of thioether (sulfide) groups is 1. The van der Waals surface area contributed by atoms with Gasteiger partial charge in [-0.05, 0) is 25.1 Å². The van der Waals surface area contributed by atoms with Gasteiger partial charge in [-0.1, -0.05) is 29.1 Å². The minimum Gasteiger partial charge on any atom is -0.452 e. The third-order valence-electron chi connectivity index (χ3n) is 3.73. The van der Waals surface area contributed by atoms with Crippen LogP contribution in [0.5, 0.6) is 0 Å². The molecule has 2 heterocycles. The van der Waals surface area contributed by atoms with E-state index in [2.05, 4.69) is 15.5 Å². The summed E-state index contributed by atoms with van der Waals surface area (Å²) in [5, 5.41) is 17.7. The molecule has 2 aromatic heterocycles. The maximum absolute atomic E-state index is 12.4. The highest BCUT2D eigenvalue weighted by atomic mass is 32.2. The SMILES string of the molecule is Cc1cc(CSc2ncccc2C(=O)OCC(=O)Nc2ccccc2[N+](=O)[O-])no1. The fourth-order valence-corrected chi connectivity index (χ4v) is 3.29. The topological polar surface area (TPSA) is 137 Å². The predicted molar refractivity (Wildman–Crippen MR) is 107 cm³/mol. The lowest BCUT2D eigenvalue weighted by Crippen LogP contribution is -2.21. The average molecular weight is 428 g/mol. The Bertz CT molecular complexity index is 1080. The van der Waals surface area contributed by atoms with Crippen molar-refractivity contribution in [2.45, 2.75) is 17.7 Å². The van der Waals surface area contributed by atoms with Crippen molar-refractivity contribution in [1.82, 2.24) is 10.1 Å². The minimum atomic E-state index is -0.736. The quantitative estimate of drug-likeness (QED) is 0.248. The molecule has 30 heavy (non-hydrogen) atoms. The monoisotopic (exact) mass is 428 g/mol. The van der Waals surface area contributed by atoms with Gasteiger partial charge in [-0.15, -0.1) is 0 Å². The lowest BCUT2D eigenvalue weighted by Gasteiger charge is -2.09. The first-order valence-corrected chi connectivity index (χ1v) is 9.63. The molecule has 154 valence electrons. The minimum absolute atomic E-state index is 0.0177. The van der Waals surface area contributed by atoms with Crippen LogP contribution in [-0.4, -0.2) is 33.5 Å². The summed E-state index contributed by atoms with van der Waals surface area (Å²) >= 11 is 1.27. The Kier molecular flexibility index (Phi) is 6.75. The van der Waals surface area contributed by atoms with Gasteiger partial charge in [-0.3, -0.25) is 14.9 Å². The van der Waals surface area contributed by atoms with Crippen LogP contribution in [0.3, 0.4) is 0 Å². The molecule has 3 aromatic rings. The second kappa shape index (κ2) is 9.65. The normalized spacial score (nSPS) is 10.4. The molecule has 3 rings (SSSR count). The average Bonchev–Trinajstić information content (AvgIpc) is 3.16. The first-order valence-electron chi connectivity index (χ1n) is 8.64. The van der Waals surface area contributed by atoms with Crippen molar-refractivity contribution in [2.75, 3.05) is 11.9 Å². The van der Waals surface area contributed by atoms with E-state index in [4.69, 9.17) is 9.26 Å². The summed E-state index contributed by atoms with van der Waals surface area (Å²) in [5.74, 6) is -0.323. The molecule has 0 aliphatic carbocycles. The molecule has 1 aromatic carbocycles. The number of carbonyl (C=O) groups excluding carboxylic acids is 2. The van der Waals surface area contributed by atoms with Crippen LogP contribution in [0.25, 0.3) is 0 Å². The Morgan fingerprint density at radius 3 is 2.80 bits per heavy atom. The van der Waals surface area contributed by atoms with E-state index >= 15 is 0 Å². The molecule has 0 aliphatic rings. The van der Waals surface area contributed by atoms with Crippen molar-refractivity contribution >= 4 is 35.0 Å². The molecule has 0 saturated carbocycles. The molecule has 0 fully saturated rings. The van der Waals surface area contributed by atoms with Gasteiger partial charge in [-0.25, -0.2) is 9.78 Å². The molecule has 0 atom stereocenters. The maximum atomic E-state index is 12.4. The summed E-state index contributed by atoms with van der Waals surface area (Å²) in [6, 6.07) is 10.6. The van der Waals surface area contributed by atoms with E-state index in [1.54, 1.807) is 25.1 Å². The molecule has 11 heteroatoms. The Morgan fingerprint density at radius 1 is 1.27 bits per heavy atom. The van der Waals surface area contributed by atoms with Crippen molar-refractivity contribution in [3.05, 3.63) is 75.8 Å². The van der Waals surface area contributed by atoms with Crippen molar-refractivity contribution in [2.24, 2.45) is 0 Å². The summed E-state index contributed by atoms with van der Waals surface area (Å²) in [6.45, 7) is 1.17. The number of carbonyl (C=O) groups is 2. The summed E-state index contributed by atoms with van der Waals surface area (Å²) in [4.78, 5) is 39.1. The van der Waals surface area contributed by atoms with E-state index in [0.29, 0.717) is 22.2 Å². The Morgan fingerprint density at radius 2 is 2.07 bits per heavy atom. The maximum Gasteiger partial charge on any atom is 0.341 e. The molecule has 10 nitrogen and oxygen atoms in total. The van der Waals surface area contributed by atoms with Crippen molar-refractivity contribution in [3.63, 3.8) is 0 Å². The number of aromatic nitrogens is 2. The van der Waals surface area contributed by atoms with Gasteiger partial charge in [0.2, 0.25) is 0 Å². The predicted octanol–water partition coefficient (Wildman–Crippen LogP) is 3.37. The molecular weight excluding hydrogens is 412 g/mol. The van der Waals surface area contributed by atoms with E-state index in [1.807, 2.05) is 0 Å². The van der Waals surface area contributed by atoms with Crippen molar-refractivity contribution < 1.29 is 23.8 Å². The highest BCUT2D eigenvalue weighted by Gasteiger charge is 2.18. The van der Waals surface area contributed by atoms with E-state index in [-0.39, 0.29) is 16.9 Å². The van der Waals surface area contributed by atoms with Crippen LogP contribution in [0.1, 0.15) is 21.8 Å². The molecular formula is C19H16N4O6S. The first kappa shape index (κ1) is 21.0. The van der Waals surface area contributed by atoms with Crippen LogP contribution in [-0.2, 0) is 15.3 Å². The smallest absolute Gasteiger partial charge is 0.341 e. The standard InChI is InChI=1S/C19H16N4O6S/c1-12-9-13(22-29-12)11-30-18-14(5-4-8-20-18)19(25)28-10-17(24)21-15-6-2-3-7-16(15)23(26)27/h2-9H,10-11H2,1H3,(H,21,24). The Hall–Kier alpha value is -3.73. The lowest BCUT2D eigenvalue weighted by atomic mass is 10.2. The van der Waals surface area contributed by atoms with Crippen molar-refractivity contribution in [3.8, 4) is 0 Å². The molecule has 0 unspecified atom stereocenters. The van der Waals surface area contributed by atoms with Gasteiger partial charge in [0.25, 0.3) is 11.6 Å². The molecule has 0 saturated heterocycles. The van der Waals surface area contributed by atoms with Crippen LogP contribution in [0, 0.1) is 17.0 Å². The molecule has 0 spiro atoms. The number of aryl methyl sites for hydroxylation is 1. The third kappa shape index (κ3) is 5.41. The number of hydrogen-bond acceptors (Lipinski definition) is 9. The zero-order valence-electron chi connectivity index (χ0n) is 15.7. The van der Waals surface area contributed by atoms with Gasteiger partial charge >= 0.3 is 5.97 Å². The number of nitro groups is 1. The Balaban J connectivity index is 1.60. The number of nitrogens with one attached hydrogen (secondary N) is 1. The molecule has 0 bridgehead atoms. The van der Waals surface area contributed by atoms with E-state index < -0.39 is 23.4 Å². The molecule has 0 radical (unpaired) electrons. The number of benzene rings is 1. The van der Waals surface area contributed by atoms with Crippen LogP contribution >= 0.6 is 11.8 Å².